The van der Waals surface area contributed by atoms with Crippen molar-refractivity contribution in [2.75, 3.05) is 47.5 Å². The van der Waals surface area contributed by atoms with Crippen LogP contribution in [0.1, 0.15) is 187 Å². The number of unbranched alkanes of at least 4 members (excludes halogenated alkanes) is 21. The Kier molecular flexibility index (Phi) is 35.1. The van der Waals surface area contributed by atoms with Gasteiger partial charge in [0.1, 0.15) is 19.8 Å². The molecule has 1 unspecified atom stereocenters. The fourth-order valence-electron chi connectivity index (χ4n) is 5.79. The number of allylic oxidation sites excluding steroid dienone is 4. The van der Waals surface area contributed by atoms with Crippen molar-refractivity contribution in [1.82, 2.24) is 0 Å². The second-order valence-electron chi connectivity index (χ2n) is 15.7. The Balaban J connectivity index is 4.37. The first-order valence-electron chi connectivity index (χ1n) is 21.6. The van der Waals surface area contributed by atoms with Gasteiger partial charge in [-0.05, 0) is 38.5 Å². The molecule has 0 bridgehead atoms. The fourth-order valence-corrected chi connectivity index (χ4v) is 6.54. The molecule has 0 aliphatic rings. The lowest BCUT2D eigenvalue weighted by atomic mass is 10.0. The predicted molar refractivity (Wildman–Crippen MR) is 220 cm³/mol. The van der Waals surface area contributed by atoms with Crippen LogP contribution in [0, 0.1) is 0 Å². The summed E-state index contributed by atoms with van der Waals surface area (Å²) in [5.74, 6) is -0.809. The van der Waals surface area contributed by atoms with Crippen LogP contribution in [0.4, 0.5) is 0 Å². The highest BCUT2D eigenvalue weighted by Gasteiger charge is 2.27. The van der Waals surface area contributed by atoms with Gasteiger partial charge in [0.2, 0.25) is 0 Å². The summed E-state index contributed by atoms with van der Waals surface area (Å²) in [4.78, 5) is 35.3. The molecule has 0 saturated heterocycles. The van der Waals surface area contributed by atoms with E-state index in [-0.39, 0.29) is 25.6 Å². The Morgan fingerprint density at radius 3 is 1.55 bits per heavy atom. The molecule has 9 nitrogen and oxygen atoms in total. The topological polar surface area (TPSA) is 108 Å². The van der Waals surface area contributed by atoms with Gasteiger partial charge in [0.15, 0.2) is 6.10 Å². The SMILES string of the molecule is CCCC/C=C\C/C=C\CCCCCCCC(=O)O[C@H](COC(=O)CCCCCCCCCCCCCCCCC)COP(=O)(O)OCC[N+](C)(C)C. The van der Waals surface area contributed by atoms with E-state index < -0.39 is 26.5 Å². The van der Waals surface area contributed by atoms with Gasteiger partial charge in [0.05, 0.1) is 27.7 Å². The lowest BCUT2D eigenvalue weighted by molar-refractivity contribution is -0.870. The number of nitrogens with zero attached hydrogens (tertiary/aromatic N) is 1. The number of carbonyl (C=O) groups excluding carboxylic acids is 2. The third-order valence-corrected chi connectivity index (χ3v) is 10.2. The Morgan fingerprint density at radius 2 is 1.04 bits per heavy atom. The monoisotopic (exact) mass is 773 g/mol. The van der Waals surface area contributed by atoms with Crippen LogP contribution in [0.2, 0.25) is 0 Å². The van der Waals surface area contributed by atoms with Crippen molar-refractivity contribution in [3.63, 3.8) is 0 Å². The average molecular weight is 773 g/mol. The zero-order valence-corrected chi connectivity index (χ0v) is 35.9. The summed E-state index contributed by atoms with van der Waals surface area (Å²) in [5.41, 5.74) is 0. The van der Waals surface area contributed by atoms with Gasteiger partial charge in [-0.3, -0.25) is 18.6 Å². The van der Waals surface area contributed by atoms with Crippen molar-refractivity contribution in [1.29, 1.82) is 0 Å². The van der Waals surface area contributed by atoms with E-state index in [1.165, 1.54) is 89.9 Å². The third-order valence-electron chi connectivity index (χ3n) is 9.23. The quantitative estimate of drug-likeness (QED) is 0.0216. The minimum atomic E-state index is -4.37. The number of phosphoric ester groups is 1. The highest BCUT2D eigenvalue weighted by atomic mass is 31.2. The summed E-state index contributed by atoms with van der Waals surface area (Å²) >= 11 is 0. The lowest BCUT2D eigenvalue weighted by Crippen LogP contribution is -2.37. The van der Waals surface area contributed by atoms with Crippen LogP contribution in [0.3, 0.4) is 0 Å². The molecule has 0 heterocycles. The van der Waals surface area contributed by atoms with Gasteiger partial charge in [-0.2, -0.15) is 0 Å². The van der Waals surface area contributed by atoms with E-state index in [1.807, 2.05) is 21.1 Å². The largest absolute Gasteiger partial charge is 0.472 e. The normalized spacial score (nSPS) is 13.8. The number of ether oxygens (including phenoxy) is 2. The van der Waals surface area contributed by atoms with Crippen LogP contribution in [0.5, 0.6) is 0 Å². The van der Waals surface area contributed by atoms with Gasteiger partial charge >= 0.3 is 19.8 Å². The molecule has 0 aliphatic carbocycles. The first-order valence-corrected chi connectivity index (χ1v) is 23.1. The summed E-state index contributed by atoms with van der Waals surface area (Å²) in [6.45, 7) is 4.37. The second kappa shape index (κ2) is 36.1. The molecule has 0 aromatic heterocycles. The number of likely N-dealkylation sites (N-methyl/N-ethyl adjacent to an activating group) is 1. The predicted octanol–water partition coefficient (Wildman–Crippen LogP) is 12.0. The standard InChI is InChI=1S/C43H82NO8P/c1-6-8-10-12-14-16-18-20-22-24-25-27-29-31-33-35-42(45)49-39-41(40-51-53(47,48)50-38-37-44(3,4)5)52-43(46)36-34-32-30-28-26-23-21-19-17-15-13-11-9-7-2/h13,15,19,21,41H,6-12,14,16-18,20,22-40H2,1-5H3/p+1/b15-13-,21-19-/t41-/m1/s1. The van der Waals surface area contributed by atoms with Crippen LogP contribution in [0.25, 0.3) is 0 Å². The third kappa shape index (κ3) is 40.0. The first kappa shape index (κ1) is 51.5. The van der Waals surface area contributed by atoms with E-state index in [2.05, 4.69) is 38.2 Å². The van der Waals surface area contributed by atoms with Crippen LogP contribution in [-0.4, -0.2) is 74.9 Å². The molecule has 1 N–H and O–H groups in total. The van der Waals surface area contributed by atoms with Gasteiger partial charge in [-0.25, -0.2) is 4.57 Å². The molecule has 0 amide bonds. The summed E-state index contributed by atoms with van der Waals surface area (Å²) < 4.78 is 34.3. The highest BCUT2D eigenvalue weighted by Crippen LogP contribution is 2.43. The van der Waals surface area contributed by atoms with Gasteiger partial charge in [0.25, 0.3) is 0 Å². The number of esters is 2. The minimum absolute atomic E-state index is 0.0305. The van der Waals surface area contributed by atoms with Gasteiger partial charge in [-0.1, -0.05) is 160 Å². The number of hydrogen-bond donors (Lipinski definition) is 1. The van der Waals surface area contributed by atoms with Crippen molar-refractivity contribution < 1.29 is 42.1 Å². The highest BCUT2D eigenvalue weighted by molar-refractivity contribution is 7.47. The first-order chi connectivity index (χ1) is 25.5. The molecule has 0 aromatic rings. The van der Waals surface area contributed by atoms with Gasteiger partial charge in [0, 0.05) is 12.8 Å². The van der Waals surface area contributed by atoms with E-state index in [1.54, 1.807) is 0 Å². The fraction of sp³-hybridized carbons (Fsp3) is 0.860. The second-order valence-corrected chi connectivity index (χ2v) is 17.2. The number of rotatable bonds is 39. The molecule has 0 rings (SSSR count). The van der Waals surface area contributed by atoms with Crippen LogP contribution in [0.15, 0.2) is 24.3 Å². The van der Waals surface area contributed by atoms with Crippen LogP contribution in [-0.2, 0) is 32.7 Å². The Labute approximate surface area is 326 Å². The Hall–Kier alpha value is -1.51. The number of hydrogen-bond acceptors (Lipinski definition) is 7. The van der Waals surface area contributed by atoms with E-state index in [0.717, 1.165) is 64.2 Å². The Bertz CT molecular complexity index is 964. The van der Waals surface area contributed by atoms with E-state index in [9.17, 15) is 19.0 Å². The van der Waals surface area contributed by atoms with Crippen molar-refractivity contribution in [2.45, 2.75) is 193 Å². The van der Waals surface area contributed by atoms with Gasteiger partial charge in [-0.15, -0.1) is 0 Å². The summed E-state index contributed by atoms with van der Waals surface area (Å²) in [6.07, 6.45) is 37.9. The molecular weight excluding hydrogens is 689 g/mol. The molecule has 0 aromatic carbocycles. The van der Waals surface area contributed by atoms with Crippen molar-refractivity contribution in [3.05, 3.63) is 24.3 Å². The molecule has 0 aliphatic heterocycles. The summed E-state index contributed by atoms with van der Waals surface area (Å²) in [5, 5.41) is 0. The molecule has 0 spiro atoms. The average Bonchev–Trinajstić information content (AvgIpc) is 3.10. The maximum Gasteiger partial charge on any atom is 0.472 e. The maximum atomic E-state index is 12.7. The number of carbonyl (C=O) groups is 2. The summed E-state index contributed by atoms with van der Waals surface area (Å²) in [6, 6.07) is 0. The smallest absolute Gasteiger partial charge is 0.462 e. The molecule has 0 radical (unpaired) electrons. The van der Waals surface area contributed by atoms with Gasteiger partial charge < -0.3 is 18.9 Å². The molecule has 0 saturated carbocycles. The zero-order chi connectivity index (χ0) is 39.3. The molecule has 0 fully saturated rings. The molecule has 53 heavy (non-hydrogen) atoms. The molecular formula is C43H83NO8P+. The lowest BCUT2D eigenvalue weighted by Gasteiger charge is -2.24. The van der Waals surface area contributed by atoms with Crippen molar-refractivity contribution in [3.8, 4) is 0 Å². The van der Waals surface area contributed by atoms with E-state index >= 15 is 0 Å². The Morgan fingerprint density at radius 1 is 0.585 bits per heavy atom. The number of phosphoric acid groups is 1. The summed E-state index contributed by atoms with van der Waals surface area (Å²) in [7, 11) is 1.47. The van der Waals surface area contributed by atoms with Crippen molar-refractivity contribution >= 4 is 19.8 Å². The van der Waals surface area contributed by atoms with E-state index in [0.29, 0.717) is 23.9 Å². The molecule has 10 heteroatoms. The van der Waals surface area contributed by atoms with Crippen LogP contribution < -0.4 is 0 Å². The molecule has 2 atom stereocenters. The van der Waals surface area contributed by atoms with E-state index in [4.69, 9.17) is 18.5 Å². The maximum absolute atomic E-state index is 12.7. The van der Waals surface area contributed by atoms with Crippen LogP contribution >= 0.6 is 7.82 Å². The zero-order valence-electron chi connectivity index (χ0n) is 35.0. The minimum Gasteiger partial charge on any atom is -0.462 e. The van der Waals surface area contributed by atoms with Crippen molar-refractivity contribution in [2.24, 2.45) is 0 Å². The molecule has 312 valence electrons. The number of quaternary nitrogens is 1.